The number of amides is 1. The van der Waals surface area contributed by atoms with Gasteiger partial charge in [-0.2, -0.15) is 0 Å². The van der Waals surface area contributed by atoms with Crippen molar-refractivity contribution in [1.82, 2.24) is 19.8 Å². The van der Waals surface area contributed by atoms with Crippen LogP contribution in [0.2, 0.25) is 0 Å². The molecule has 3 aromatic rings. The first-order valence-corrected chi connectivity index (χ1v) is 9.94. The zero-order valence-corrected chi connectivity index (χ0v) is 16.0. The zero-order valence-electron chi connectivity index (χ0n) is 15.2. The van der Waals surface area contributed by atoms with Crippen molar-refractivity contribution in [2.75, 3.05) is 13.1 Å². The van der Waals surface area contributed by atoms with Crippen LogP contribution >= 0.6 is 11.3 Å². The Bertz CT molecular complexity index is 1000. The number of aryl methyl sites for hydroxylation is 1. The van der Waals surface area contributed by atoms with Gasteiger partial charge in [0.1, 0.15) is 4.83 Å². The minimum atomic E-state index is -0.121. The van der Waals surface area contributed by atoms with E-state index in [1.807, 2.05) is 6.07 Å². The van der Waals surface area contributed by atoms with Crippen LogP contribution in [-0.2, 0) is 13.6 Å². The molecule has 1 N–H and O–H groups in total. The largest absolute Gasteiger partial charge is 0.349 e. The van der Waals surface area contributed by atoms with Crippen LogP contribution in [0.15, 0.2) is 47.5 Å². The normalized spacial score (nSPS) is 15.9. The van der Waals surface area contributed by atoms with Crippen molar-refractivity contribution < 1.29 is 4.79 Å². The Kier molecular flexibility index (Phi) is 5.05. The van der Waals surface area contributed by atoms with Crippen molar-refractivity contribution in [3.63, 3.8) is 0 Å². The minimum Gasteiger partial charge on any atom is -0.349 e. The van der Waals surface area contributed by atoms with Crippen LogP contribution in [0.1, 0.15) is 28.1 Å². The van der Waals surface area contributed by atoms with Crippen LogP contribution in [0.3, 0.4) is 0 Å². The predicted octanol–water partition coefficient (Wildman–Crippen LogP) is 2.39. The number of likely N-dealkylation sites (tertiary alicyclic amines) is 1. The minimum absolute atomic E-state index is 0.110. The predicted molar refractivity (Wildman–Crippen MR) is 107 cm³/mol. The number of carbonyl (C=O) groups is 1. The first kappa shape index (κ1) is 17.9. The highest BCUT2D eigenvalue weighted by molar-refractivity contribution is 7.20. The summed E-state index contributed by atoms with van der Waals surface area (Å²) < 4.78 is 1.43. The van der Waals surface area contributed by atoms with Crippen LogP contribution in [-0.4, -0.2) is 39.5 Å². The molecular weight excluding hydrogens is 360 g/mol. The molecule has 1 saturated heterocycles. The molecule has 1 amide bonds. The summed E-state index contributed by atoms with van der Waals surface area (Å²) in [5.41, 5.74) is 1.20. The summed E-state index contributed by atoms with van der Waals surface area (Å²) in [6.07, 6.45) is 3.36. The number of carbonyl (C=O) groups excluding carboxylic acids is 1. The third kappa shape index (κ3) is 3.94. The zero-order chi connectivity index (χ0) is 18.8. The molecule has 1 aromatic carbocycles. The van der Waals surface area contributed by atoms with Gasteiger partial charge in [-0.1, -0.05) is 30.3 Å². The SMILES string of the molecule is Cn1cnc2sc(C(=O)NC3CCN(Cc4ccccc4)CC3)cc2c1=O. The molecule has 27 heavy (non-hydrogen) atoms. The molecule has 0 atom stereocenters. The van der Waals surface area contributed by atoms with Gasteiger partial charge < -0.3 is 9.88 Å². The van der Waals surface area contributed by atoms with Crippen LogP contribution in [0.25, 0.3) is 10.2 Å². The molecule has 7 heteroatoms. The van der Waals surface area contributed by atoms with Gasteiger partial charge in [-0.05, 0) is 24.5 Å². The second-order valence-electron chi connectivity index (χ2n) is 7.00. The molecule has 0 radical (unpaired) electrons. The molecule has 0 aliphatic carbocycles. The van der Waals surface area contributed by atoms with Gasteiger partial charge in [0.05, 0.1) is 16.6 Å². The van der Waals surface area contributed by atoms with Gasteiger partial charge in [-0.3, -0.25) is 14.5 Å². The van der Waals surface area contributed by atoms with Crippen molar-refractivity contribution in [2.45, 2.75) is 25.4 Å². The number of hydrogen-bond donors (Lipinski definition) is 1. The molecule has 0 bridgehead atoms. The van der Waals surface area contributed by atoms with E-state index in [1.54, 1.807) is 13.1 Å². The lowest BCUT2D eigenvalue weighted by atomic mass is 10.0. The molecule has 6 nitrogen and oxygen atoms in total. The van der Waals surface area contributed by atoms with Crippen LogP contribution in [0.4, 0.5) is 0 Å². The van der Waals surface area contributed by atoms with Crippen molar-refractivity contribution in [2.24, 2.45) is 7.05 Å². The summed E-state index contributed by atoms with van der Waals surface area (Å²) in [6.45, 7) is 2.88. The topological polar surface area (TPSA) is 67.2 Å². The quantitative estimate of drug-likeness (QED) is 0.752. The Hall–Kier alpha value is -2.51. The molecule has 1 fully saturated rings. The number of nitrogens with zero attached hydrogens (tertiary/aromatic N) is 3. The third-order valence-corrected chi connectivity index (χ3v) is 6.05. The maximum atomic E-state index is 12.6. The number of nitrogens with one attached hydrogen (secondary N) is 1. The van der Waals surface area contributed by atoms with E-state index in [-0.39, 0.29) is 17.5 Å². The average Bonchev–Trinajstić information content (AvgIpc) is 3.12. The Morgan fingerprint density at radius 2 is 2.00 bits per heavy atom. The van der Waals surface area contributed by atoms with Gasteiger partial charge in [-0.15, -0.1) is 11.3 Å². The summed E-state index contributed by atoms with van der Waals surface area (Å²) >= 11 is 1.27. The molecule has 0 unspecified atom stereocenters. The second-order valence-corrected chi connectivity index (χ2v) is 8.03. The molecule has 3 heterocycles. The number of hydrogen-bond acceptors (Lipinski definition) is 5. The van der Waals surface area contributed by atoms with E-state index in [9.17, 15) is 9.59 Å². The van der Waals surface area contributed by atoms with Crippen molar-refractivity contribution in [1.29, 1.82) is 0 Å². The maximum absolute atomic E-state index is 12.6. The summed E-state index contributed by atoms with van der Waals surface area (Å²) in [4.78, 5) is 32.6. The van der Waals surface area contributed by atoms with Crippen LogP contribution in [0.5, 0.6) is 0 Å². The summed E-state index contributed by atoms with van der Waals surface area (Å²) in [5, 5.41) is 3.63. The van der Waals surface area contributed by atoms with Gasteiger partial charge in [0.2, 0.25) is 0 Å². The van der Waals surface area contributed by atoms with Crippen molar-refractivity contribution in [3.8, 4) is 0 Å². The van der Waals surface area contributed by atoms with Gasteiger partial charge >= 0.3 is 0 Å². The van der Waals surface area contributed by atoms with Gasteiger partial charge in [0, 0.05) is 32.7 Å². The van der Waals surface area contributed by atoms with Gasteiger partial charge in [-0.25, -0.2) is 4.98 Å². The highest BCUT2D eigenvalue weighted by Crippen LogP contribution is 2.21. The highest BCUT2D eigenvalue weighted by atomic mass is 32.1. The van der Waals surface area contributed by atoms with Gasteiger partial charge in [0.25, 0.3) is 11.5 Å². The van der Waals surface area contributed by atoms with E-state index in [0.717, 1.165) is 32.5 Å². The first-order chi connectivity index (χ1) is 13.1. The van der Waals surface area contributed by atoms with E-state index in [2.05, 4.69) is 39.5 Å². The summed E-state index contributed by atoms with van der Waals surface area (Å²) in [6, 6.07) is 12.3. The lowest BCUT2D eigenvalue weighted by Crippen LogP contribution is -2.44. The van der Waals surface area contributed by atoms with Crippen LogP contribution in [0, 0.1) is 0 Å². The molecule has 1 aliphatic heterocycles. The standard InChI is InChI=1S/C20H22N4O2S/c1-23-13-21-19-16(20(23)26)11-17(27-19)18(25)22-15-7-9-24(10-8-15)12-14-5-3-2-4-6-14/h2-6,11,13,15H,7-10,12H2,1H3,(H,22,25). The Balaban J connectivity index is 1.36. The van der Waals surface area contributed by atoms with E-state index >= 15 is 0 Å². The Morgan fingerprint density at radius 3 is 2.74 bits per heavy atom. The van der Waals surface area contributed by atoms with E-state index in [4.69, 9.17) is 0 Å². The fourth-order valence-electron chi connectivity index (χ4n) is 3.46. The number of benzene rings is 1. The van der Waals surface area contributed by atoms with E-state index in [1.165, 1.54) is 27.8 Å². The van der Waals surface area contributed by atoms with Crippen molar-refractivity contribution >= 4 is 27.5 Å². The Morgan fingerprint density at radius 1 is 1.26 bits per heavy atom. The molecule has 1 aliphatic rings. The van der Waals surface area contributed by atoms with Crippen molar-refractivity contribution in [3.05, 3.63) is 63.5 Å². The number of rotatable bonds is 4. The summed E-state index contributed by atoms with van der Waals surface area (Å²) in [5.74, 6) is -0.110. The number of aromatic nitrogens is 2. The monoisotopic (exact) mass is 382 g/mol. The smallest absolute Gasteiger partial charge is 0.261 e. The molecule has 2 aromatic heterocycles. The number of thiophene rings is 1. The molecule has 0 spiro atoms. The fourth-order valence-corrected chi connectivity index (χ4v) is 4.35. The Labute approximate surface area is 161 Å². The number of fused-ring (bicyclic) bond motifs is 1. The lowest BCUT2D eigenvalue weighted by Gasteiger charge is -2.32. The molecule has 140 valence electrons. The number of piperidine rings is 1. The summed E-state index contributed by atoms with van der Waals surface area (Å²) in [7, 11) is 1.66. The maximum Gasteiger partial charge on any atom is 0.261 e. The average molecular weight is 382 g/mol. The first-order valence-electron chi connectivity index (χ1n) is 9.12. The molecular formula is C20H22N4O2S. The third-order valence-electron chi connectivity index (χ3n) is 5.01. The van der Waals surface area contributed by atoms with Crippen LogP contribution < -0.4 is 10.9 Å². The molecule has 0 saturated carbocycles. The van der Waals surface area contributed by atoms with E-state index in [0.29, 0.717) is 15.1 Å². The van der Waals surface area contributed by atoms with E-state index < -0.39 is 0 Å². The highest BCUT2D eigenvalue weighted by Gasteiger charge is 2.22. The lowest BCUT2D eigenvalue weighted by molar-refractivity contribution is 0.0913. The second kappa shape index (κ2) is 7.62. The van der Waals surface area contributed by atoms with Gasteiger partial charge in [0.15, 0.2) is 0 Å². The fraction of sp³-hybridized carbons (Fsp3) is 0.350. The molecule has 4 rings (SSSR count).